The van der Waals surface area contributed by atoms with Crippen molar-refractivity contribution in [2.75, 3.05) is 11.9 Å². The molecule has 0 spiro atoms. The molecule has 0 saturated carbocycles. The second kappa shape index (κ2) is 5.08. The summed E-state index contributed by atoms with van der Waals surface area (Å²) < 4.78 is 0. The molecule has 96 valence electrons. The van der Waals surface area contributed by atoms with Crippen LogP contribution < -0.4 is 10.6 Å². The molecule has 2 N–H and O–H groups in total. The molecular weight excluding hydrogens is 242 g/mol. The number of aromatic nitrogens is 1. The fourth-order valence-corrected chi connectivity index (χ4v) is 2.72. The standard InChI is InChI=1S/C14H19N3S/c1-9-5-6-13(11(3)10(9)2)17(4)14-16-8-12(7-15)18-14/h5-6,8H,7,15H2,1-4H3. The highest BCUT2D eigenvalue weighted by Gasteiger charge is 2.12. The Balaban J connectivity index is 2.39. The number of nitrogens with zero attached hydrogens (tertiary/aromatic N) is 2. The van der Waals surface area contributed by atoms with E-state index in [1.807, 2.05) is 6.20 Å². The summed E-state index contributed by atoms with van der Waals surface area (Å²) >= 11 is 1.64. The van der Waals surface area contributed by atoms with Gasteiger partial charge in [0.05, 0.1) is 0 Å². The lowest BCUT2D eigenvalue weighted by Gasteiger charge is -2.20. The molecule has 2 rings (SSSR count). The highest BCUT2D eigenvalue weighted by Crippen LogP contribution is 2.32. The minimum absolute atomic E-state index is 0.553. The zero-order chi connectivity index (χ0) is 13.3. The molecule has 0 unspecified atom stereocenters. The molecule has 1 aromatic carbocycles. The quantitative estimate of drug-likeness (QED) is 0.922. The van der Waals surface area contributed by atoms with Crippen LogP contribution in [-0.4, -0.2) is 12.0 Å². The van der Waals surface area contributed by atoms with Gasteiger partial charge in [-0.3, -0.25) is 0 Å². The molecule has 0 radical (unpaired) electrons. The number of hydrogen-bond acceptors (Lipinski definition) is 4. The largest absolute Gasteiger partial charge is 0.326 e. The fraction of sp³-hybridized carbons (Fsp3) is 0.357. The van der Waals surface area contributed by atoms with Crippen LogP contribution in [0.3, 0.4) is 0 Å². The van der Waals surface area contributed by atoms with Crippen LogP contribution in [0.15, 0.2) is 18.3 Å². The molecule has 1 aromatic heterocycles. The third-order valence-electron chi connectivity index (χ3n) is 3.42. The molecule has 1 heterocycles. The maximum Gasteiger partial charge on any atom is 0.189 e. The number of aryl methyl sites for hydroxylation is 1. The summed E-state index contributed by atoms with van der Waals surface area (Å²) in [5.41, 5.74) is 10.8. The molecule has 0 atom stereocenters. The van der Waals surface area contributed by atoms with E-state index in [1.54, 1.807) is 11.3 Å². The molecule has 0 saturated heterocycles. The first-order valence-corrected chi connectivity index (χ1v) is 6.81. The summed E-state index contributed by atoms with van der Waals surface area (Å²) in [6.07, 6.45) is 1.85. The van der Waals surface area contributed by atoms with Crippen LogP contribution in [0.4, 0.5) is 10.8 Å². The van der Waals surface area contributed by atoms with Gasteiger partial charge in [0.25, 0.3) is 0 Å². The number of rotatable bonds is 3. The Morgan fingerprint density at radius 1 is 1.22 bits per heavy atom. The minimum atomic E-state index is 0.553. The van der Waals surface area contributed by atoms with Crippen LogP contribution in [0.2, 0.25) is 0 Å². The summed E-state index contributed by atoms with van der Waals surface area (Å²) in [7, 11) is 2.05. The van der Waals surface area contributed by atoms with Gasteiger partial charge < -0.3 is 10.6 Å². The molecule has 4 heteroatoms. The van der Waals surface area contributed by atoms with E-state index in [9.17, 15) is 0 Å². The van der Waals surface area contributed by atoms with Gasteiger partial charge in [-0.25, -0.2) is 4.98 Å². The van der Waals surface area contributed by atoms with Gasteiger partial charge in [-0.1, -0.05) is 6.07 Å². The summed E-state index contributed by atoms with van der Waals surface area (Å²) in [6.45, 7) is 7.01. The summed E-state index contributed by atoms with van der Waals surface area (Å²) in [5.74, 6) is 0. The van der Waals surface area contributed by atoms with Crippen molar-refractivity contribution in [2.45, 2.75) is 27.3 Å². The Kier molecular flexibility index (Phi) is 3.68. The van der Waals surface area contributed by atoms with Crippen LogP contribution in [0.1, 0.15) is 21.6 Å². The average molecular weight is 261 g/mol. The molecule has 0 fully saturated rings. The molecule has 0 aliphatic carbocycles. The van der Waals surface area contributed by atoms with Gasteiger partial charge in [-0.15, -0.1) is 11.3 Å². The Morgan fingerprint density at radius 3 is 2.56 bits per heavy atom. The van der Waals surface area contributed by atoms with Crippen LogP contribution in [0, 0.1) is 20.8 Å². The smallest absolute Gasteiger partial charge is 0.189 e. The minimum Gasteiger partial charge on any atom is -0.326 e. The third kappa shape index (κ3) is 2.26. The Morgan fingerprint density at radius 2 is 1.94 bits per heavy atom. The van der Waals surface area contributed by atoms with Crippen molar-refractivity contribution < 1.29 is 0 Å². The molecule has 0 amide bonds. The van der Waals surface area contributed by atoms with Crippen LogP contribution in [0.5, 0.6) is 0 Å². The lowest BCUT2D eigenvalue weighted by Crippen LogP contribution is -2.11. The van der Waals surface area contributed by atoms with E-state index in [0.29, 0.717) is 6.54 Å². The molecule has 3 nitrogen and oxygen atoms in total. The van der Waals surface area contributed by atoms with Crippen molar-refractivity contribution in [3.05, 3.63) is 39.9 Å². The maximum absolute atomic E-state index is 5.63. The van der Waals surface area contributed by atoms with E-state index in [2.05, 4.69) is 49.8 Å². The van der Waals surface area contributed by atoms with Gasteiger partial charge in [0.15, 0.2) is 5.13 Å². The molecule has 2 aromatic rings. The van der Waals surface area contributed by atoms with E-state index in [4.69, 9.17) is 5.73 Å². The molecule has 0 bridgehead atoms. The predicted octanol–water partition coefficient (Wildman–Crippen LogP) is 3.29. The van der Waals surface area contributed by atoms with Crippen molar-refractivity contribution in [1.82, 2.24) is 4.98 Å². The summed E-state index contributed by atoms with van der Waals surface area (Å²) in [5, 5.41) is 0.988. The van der Waals surface area contributed by atoms with E-state index in [1.165, 1.54) is 22.4 Å². The van der Waals surface area contributed by atoms with Gasteiger partial charge in [0, 0.05) is 30.4 Å². The molecule has 0 aliphatic heterocycles. The van der Waals surface area contributed by atoms with E-state index in [-0.39, 0.29) is 0 Å². The Bertz CT molecular complexity index is 560. The summed E-state index contributed by atoms with van der Waals surface area (Å²) in [6, 6.07) is 4.31. The first-order valence-electron chi connectivity index (χ1n) is 6.00. The van der Waals surface area contributed by atoms with Crippen molar-refractivity contribution in [1.29, 1.82) is 0 Å². The van der Waals surface area contributed by atoms with Crippen LogP contribution in [-0.2, 0) is 6.54 Å². The normalized spacial score (nSPS) is 10.7. The van der Waals surface area contributed by atoms with E-state index in [0.717, 1.165) is 10.0 Å². The first-order chi connectivity index (χ1) is 8.54. The number of hydrogen-bond donors (Lipinski definition) is 1. The van der Waals surface area contributed by atoms with Gasteiger partial charge in [0.1, 0.15) is 0 Å². The number of benzene rings is 1. The van der Waals surface area contributed by atoms with Crippen molar-refractivity contribution in [2.24, 2.45) is 5.73 Å². The lowest BCUT2D eigenvalue weighted by atomic mass is 10.0. The van der Waals surface area contributed by atoms with Crippen molar-refractivity contribution in [3.63, 3.8) is 0 Å². The SMILES string of the molecule is Cc1ccc(N(C)c2ncc(CN)s2)c(C)c1C. The fourth-order valence-electron chi connectivity index (χ4n) is 1.95. The topological polar surface area (TPSA) is 42.2 Å². The lowest BCUT2D eigenvalue weighted by molar-refractivity contribution is 1.09. The van der Waals surface area contributed by atoms with E-state index >= 15 is 0 Å². The van der Waals surface area contributed by atoms with E-state index < -0.39 is 0 Å². The Labute approximate surface area is 112 Å². The highest BCUT2D eigenvalue weighted by molar-refractivity contribution is 7.15. The molecular formula is C14H19N3S. The Hall–Kier alpha value is -1.39. The number of thiazole rings is 1. The van der Waals surface area contributed by atoms with Gasteiger partial charge in [-0.2, -0.15) is 0 Å². The van der Waals surface area contributed by atoms with Gasteiger partial charge >= 0.3 is 0 Å². The second-order valence-corrected chi connectivity index (χ2v) is 5.62. The number of anilines is 2. The number of nitrogens with two attached hydrogens (primary N) is 1. The van der Waals surface area contributed by atoms with Gasteiger partial charge in [0.2, 0.25) is 0 Å². The third-order valence-corrected chi connectivity index (χ3v) is 4.52. The first kappa shape index (κ1) is 13.1. The van der Waals surface area contributed by atoms with Crippen molar-refractivity contribution in [3.8, 4) is 0 Å². The molecule has 18 heavy (non-hydrogen) atoms. The van der Waals surface area contributed by atoms with Gasteiger partial charge in [-0.05, 0) is 43.5 Å². The van der Waals surface area contributed by atoms with Crippen LogP contribution >= 0.6 is 11.3 Å². The van der Waals surface area contributed by atoms with Crippen molar-refractivity contribution >= 4 is 22.2 Å². The average Bonchev–Trinajstić information content (AvgIpc) is 2.84. The van der Waals surface area contributed by atoms with Crippen LogP contribution in [0.25, 0.3) is 0 Å². The zero-order valence-corrected chi connectivity index (χ0v) is 12.1. The second-order valence-electron chi connectivity index (χ2n) is 4.52. The monoisotopic (exact) mass is 261 g/mol. The predicted molar refractivity (Wildman–Crippen MR) is 78.7 cm³/mol. The molecule has 0 aliphatic rings. The zero-order valence-electron chi connectivity index (χ0n) is 11.3. The summed E-state index contributed by atoms with van der Waals surface area (Å²) in [4.78, 5) is 7.66. The maximum atomic E-state index is 5.63. The highest BCUT2D eigenvalue weighted by atomic mass is 32.1.